The third-order valence-corrected chi connectivity index (χ3v) is 6.42. The number of rotatable bonds is 10. The Balaban J connectivity index is 1.56. The van der Waals surface area contributed by atoms with Gasteiger partial charge in [0.25, 0.3) is 0 Å². The molecule has 4 heteroatoms. The van der Waals surface area contributed by atoms with Gasteiger partial charge in [-0.25, -0.2) is 0 Å². The van der Waals surface area contributed by atoms with Gasteiger partial charge in [-0.05, 0) is 61.9 Å². The van der Waals surface area contributed by atoms with Crippen molar-refractivity contribution in [1.82, 2.24) is 0 Å². The van der Waals surface area contributed by atoms with Crippen molar-refractivity contribution < 1.29 is 14.6 Å². The van der Waals surface area contributed by atoms with Crippen LogP contribution in [0.1, 0.15) is 64.2 Å². The monoisotopic (exact) mass is 340 g/mol. The first-order chi connectivity index (χ1) is 11.3. The molecule has 2 aliphatic rings. The van der Waals surface area contributed by atoms with Gasteiger partial charge >= 0.3 is 5.97 Å². The summed E-state index contributed by atoms with van der Waals surface area (Å²) in [6.45, 7) is 0.939. The first kappa shape index (κ1) is 18.9. The predicted molar refractivity (Wildman–Crippen MR) is 97.0 cm³/mol. The van der Waals surface area contributed by atoms with E-state index in [1.165, 1.54) is 50.0 Å². The molecule has 0 radical (unpaired) electrons. The van der Waals surface area contributed by atoms with Gasteiger partial charge < -0.3 is 9.84 Å². The molecule has 2 rings (SSSR count). The molecule has 0 aromatic rings. The van der Waals surface area contributed by atoms with Gasteiger partial charge in [-0.2, -0.15) is 11.8 Å². The van der Waals surface area contributed by atoms with E-state index in [4.69, 9.17) is 9.84 Å². The fourth-order valence-corrected chi connectivity index (χ4v) is 5.19. The van der Waals surface area contributed by atoms with Crippen molar-refractivity contribution in [3.05, 3.63) is 12.2 Å². The highest BCUT2D eigenvalue weighted by atomic mass is 32.2. The van der Waals surface area contributed by atoms with Crippen LogP contribution in [0.15, 0.2) is 12.2 Å². The van der Waals surface area contributed by atoms with Crippen LogP contribution in [0.5, 0.6) is 0 Å². The van der Waals surface area contributed by atoms with E-state index in [2.05, 4.69) is 23.9 Å². The first-order valence-electron chi connectivity index (χ1n) is 9.32. The number of thioether (sulfide) groups is 1. The number of hydrogen-bond donors (Lipinski definition) is 1. The second-order valence-electron chi connectivity index (χ2n) is 6.97. The number of hydrogen-bond acceptors (Lipinski definition) is 3. The van der Waals surface area contributed by atoms with E-state index >= 15 is 0 Å². The Morgan fingerprint density at radius 1 is 1.13 bits per heavy atom. The molecule has 0 amide bonds. The number of unbranched alkanes of at least 4 members (excludes halogenated alkanes) is 1. The lowest BCUT2D eigenvalue weighted by molar-refractivity contribution is -0.137. The summed E-state index contributed by atoms with van der Waals surface area (Å²) < 4.78 is 6.09. The van der Waals surface area contributed by atoms with Crippen molar-refractivity contribution in [2.45, 2.75) is 70.3 Å². The van der Waals surface area contributed by atoms with E-state index in [0.717, 1.165) is 37.7 Å². The molecule has 0 aromatic heterocycles. The fourth-order valence-electron chi connectivity index (χ4n) is 3.60. The third-order valence-electron chi connectivity index (χ3n) is 5.09. The lowest BCUT2D eigenvalue weighted by atomic mass is 9.90. The maximum atomic E-state index is 10.5. The Bertz CT molecular complexity index is 364. The topological polar surface area (TPSA) is 46.5 Å². The number of aliphatic carboxylic acids is 1. The SMILES string of the molecule is O=C(O)CCC/C=C\C[C@H]1CSC[C@H]1CCOC1CCCCC1. The van der Waals surface area contributed by atoms with Gasteiger partial charge in [0, 0.05) is 13.0 Å². The molecule has 1 N–H and O–H groups in total. The van der Waals surface area contributed by atoms with Gasteiger partial charge in [0.15, 0.2) is 0 Å². The van der Waals surface area contributed by atoms with Crippen LogP contribution in [0, 0.1) is 11.8 Å². The molecule has 0 aromatic carbocycles. The average molecular weight is 341 g/mol. The number of allylic oxidation sites excluding steroid dienone is 2. The van der Waals surface area contributed by atoms with Crippen molar-refractivity contribution in [2.24, 2.45) is 11.8 Å². The van der Waals surface area contributed by atoms with Crippen LogP contribution < -0.4 is 0 Å². The average Bonchev–Trinajstić information content (AvgIpc) is 2.99. The van der Waals surface area contributed by atoms with Crippen LogP contribution in [-0.4, -0.2) is 35.3 Å². The van der Waals surface area contributed by atoms with E-state index in [9.17, 15) is 4.79 Å². The van der Waals surface area contributed by atoms with E-state index in [-0.39, 0.29) is 6.42 Å². The van der Waals surface area contributed by atoms with E-state index < -0.39 is 5.97 Å². The van der Waals surface area contributed by atoms with Gasteiger partial charge in [-0.3, -0.25) is 4.79 Å². The Labute approximate surface area is 145 Å². The molecule has 23 heavy (non-hydrogen) atoms. The van der Waals surface area contributed by atoms with Crippen LogP contribution in [0.2, 0.25) is 0 Å². The van der Waals surface area contributed by atoms with E-state index in [0.29, 0.717) is 6.10 Å². The summed E-state index contributed by atoms with van der Waals surface area (Å²) in [5.41, 5.74) is 0. The molecule has 1 saturated heterocycles. The minimum atomic E-state index is -0.691. The number of carbonyl (C=O) groups is 1. The van der Waals surface area contributed by atoms with Gasteiger partial charge in [0.1, 0.15) is 0 Å². The predicted octanol–water partition coefficient (Wildman–Crippen LogP) is 4.91. The second kappa shape index (κ2) is 11.1. The number of carboxylic acids is 1. The minimum Gasteiger partial charge on any atom is -0.481 e. The molecule has 1 aliphatic heterocycles. The quantitative estimate of drug-likeness (QED) is 0.453. The van der Waals surface area contributed by atoms with Crippen molar-refractivity contribution in [1.29, 1.82) is 0 Å². The standard InChI is InChI=1S/C19H32O3S/c20-19(21)11-7-2-1-4-8-16-14-23-15-17(16)12-13-22-18-9-5-3-6-10-18/h1,4,16-18H,2-3,5-15H2,(H,20,21)/b4-1-/t16-,17+/m0/s1. The maximum Gasteiger partial charge on any atom is 0.303 e. The van der Waals surface area contributed by atoms with Crippen LogP contribution in [0.4, 0.5) is 0 Å². The number of ether oxygens (including phenoxy) is 1. The molecule has 132 valence electrons. The summed E-state index contributed by atoms with van der Waals surface area (Å²) >= 11 is 2.08. The lowest BCUT2D eigenvalue weighted by Crippen LogP contribution is -2.20. The highest BCUT2D eigenvalue weighted by Gasteiger charge is 2.26. The van der Waals surface area contributed by atoms with Gasteiger partial charge in [-0.1, -0.05) is 31.4 Å². The molecular formula is C19H32O3S. The van der Waals surface area contributed by atoms with E-state index in [1.807, 2.05) is 0 Å². The Hall–Kier alpha value is -0.480. The molecule has 0 unspecified atom stereocenters. The smallest absolute Gasteiger partial charge is 0.303 e. The maximum absolute atomic E-state index is 10.5. The van der Waals surface area contributed by atoms with Crippen LogP contribution in [-0.2, 0) is 9.53 Å². The largest absolute Gasteiger partial charge is 0.481 e. The van der Waals surface area contributed by atoms with Gasteiger partial charge in [0.05, 0.1) is 6.10 Å². The molecular weight excluding hydrogens is 308 g/mol. The van der Waals surface area contributed by atoms with E-state index in [1.54, 1.807) is 0 Å². The van der Waals surface area contributed by atoms with Crippen LogP contribution in [0.25, 0.3) is 0 Å². The normalized spacial score (nSPS) is 26.1. The zero-order valence-electron chi connectivity index (χ0n) is 14.3. The van der Waals surface area contributed by atoms with Crippen molar-refractivity contribution >= 4 is 17.7 Å². The second-order valence-corrected chi connectivity index (χ2v) is 8.05. The summed E-state index contributed by atoms with van der Waals surface area (Å²) in [6, 6.07) is 0. The summed E-state index contributed by atoms with van der Waals surface area (Å²) in [5, 5.41) is 8.62. The van der Waals surface area contributed by atoms with Gasteiger partial charge in [-0.15, -0.1) is 0 Å². The van der Waals surface area contributed by atoms with Crippen molar-refractivity contribution in [3.8, 4) is 0 Å². The van der Waals surface area contributed by atoms with Crippen molar-refractivity contribution in [2.75, 3.05) is 18.1 Å². The molecule has 0 bridgehead atoms. The zero-order chi connectivity index (χ0) is 16.3. The Morgan fingerprint density at radius 2 is 1.91 bits per heavy atom. The highest BCUT2D eigenvalue weighted by Crippen LogP contribution is 2.35. The molecule has 1 saturated carbocycles. The van der Waals surface area contributed by atoms with Gasteiger partial charge in [0.2, 0.25) is 0 Å². The lowest BCUT2D eigenvalue weighted by Gasteiger charge is -2.23. The summed E-state index contributed by atoms with van der Waals surface area (Å²) in [6.07, 6.45) is 15.9. The molecule has 1 heterocycles. The third kappa shape index (κ3) is 7.75. The fraction of sp³-hybridized carbons (Fsp3) is 0.842. The number of carboxylic acid groups (broad SMARTS) is 1. The zero-order valence-corrected chi connectivity index (χ0v) is 15.1. The molecule has 2 fully saturated rings. The highest BCUT2D eigenvalue weighted by molar-refractivity contribution is 7.99. The summed E-state index contributed by atoms with van der Waals surface area (Å²) in [7, 11) is 0. The summed E-state index contributed by atoms with van der Waals surface area (Å²) in [5.74, 6) is 3.45. The Kier molecular flexibility index (Phi) is 9.13. The Morgan fingerprint density at radius 3 is 2.70 bits per heavy atom. The van der Waals surface area contributed by atoms with Crippen LogP contribution in [0.3, 0.4) is 0 Å². The summed E-state index contributed by atoms with van der Waals surface area (Å²) in [4.78, 5) is 10.5. The van der Waals surface area contributed by atoms with Crippen molar-refractivity contribution in [3.63, 3.8) is 0 Å². The molecule has 2 atom stereocenters. The first-order valence-corrected chi connectivity index (χ1v) is 10.5. The molecule has 0 spiro atoms. The van der Waals surface area contributed by atoms with Crippen LogP contribution >= 0.6 is 11.8 Å². The molecule has 1 aliphatic carbocycles. The minimum absolute atomic E-state index is 0.282. The molecule has 3 nitrogen and oxygen atoms in total.